The number of nitrogens with zero attached hydrogens (tertiary/aromatic N) is 1. The van der Waals surface area contributed by atoms with E-state index in [1.165, 1.54) is 12.1 Å². The summed E-state index contributed by atoms with van der Waals surface area (Å²) in [6.07, 6.45) is 0. The first-order valence-corrected chi connectivity index (χ1v) is 10.0. The SMILES string of the molecule is CC(C)(C)c1ccc(Sc2ccc([N+](=O)[O-])cc2C(=O)[P+](O)(O)O)cc1. The molecule has 0 fully saturated rings. The molecule has 2 aromatic carbocycles. The van der Waals surface area contributed by atoms with Gasteiger partial charge in [-0.2, -0.15) is 14.7 Å². The van der Waals surface area contributed by atoms with E-state index in [2.05, 4.69) is 20.8 Å². The number of nitro groups is 1. The molecule has 0 heterocycles. The van der Waals surface area contributed by atoms with Crippen molar-refractivity contribution in [3.63, 3.8) is 0 Å². The molecule has 26 heavy (non-hydrogen) atoms. The molecule has 0 saturated carbocycles. The first-order valence-electron chi connectivity index (χ1n) is 7.58. The standard InChI is InChI=1S/C17H19NO6PS/c1-17(2,3)11-4-7-13(8-5-11)26-15-9-6-12(18(20)21)10-14(15)16(19)25(22,23)24/h4-10,22-24H,1-3H3/q+1. The van der Waals surface area contributed by atoms with Crippen LogP contribution in [0.1, 0.15) is 36.7 Å². The van der Waals surface area contributed by atoms with Gasteiger partial charge >= 0.3 is 13.5 Å². The van der Waals surface area contributed by atoms with Crippen molar-refractivity contribution in [2.75, 3.05) is 0 Å². The third kappa shape index (κ3) is 4.87. The van der Waals surface area contributed by atoms with Crippen LogP contribution in [0.15, 0.2) is 52.3 Å². The van der Waals surface area contributed by atoms with E-state index in [9.17, 15) is 29.6 Å². The molecule has 0 aliphatic rings. The van der Waals surface area contributed by atoms with Crippen LogP contribution >= 0.6 is 19.7 Å². The number of rotatable bonds is 5. The zero-order valence-corrected chi connectivity index (χ0v) is 16.1. The smallest absolute Gasteiger partial charge is 0.258 e. The Morgan fingerprint density at radius 2 is 1.65 bits per heavy atom. The molecule has 0 bridgehead atoms. The predicted molar refractivity (Wildman–Crippen MR) is 100 cm³/mol. The maximum atomic E-state index is 12.1. The summed E-state index contributed by atoms with van der Waals surface area (Å²) in [5.41, 5.74) is -0.908. The highest BCUT2D eigenvalue weighted by Crippen LogP contribution is 2.50. The minimum Gasteiger partial charge on any atom is -0.258 e. The largest absolute Gasteiger partial charge is 0.483 e. The number of hydrogen-bond donors (Lipinski definition) is 3. The average Bonchev–Trinajstić information content (AvgIpc) is 2.53. The lowest BCUT2D eigenvalue weighted by atomic mass is 9.87. The van der Waals surface area contributed by atoms with E-state index in [-0.39, 0.29) is 21.6 Å². The second-order valence-corrected chi connectivity index (χ2v) is 9.35. The average molecular weight is 396 g/mol. The Morgan fingerprint density at radius 1 is 1.08 bits per heavy atom. The molecule has 0 unspecified atom stereocenters. The summed E-state index contributed by atoms with van der Waals surface area (Å²) in [5.74, 6) is 0. The van der Waals surface area contributed by atoms with Crippen LogP contribution in [-0.4, -0.2) is 25.1 Å². The number of non-ortho nitro benzene ring substituents is 1. The van der Waals surface area contributed by atoms with Crippen molar-refractivity contribution in [2.45, 2.75) is 36.0 Å². The molecular formula is C17H19NO6PS+. The second kappa shape index (κ2) is 7.42. The van der Waals surface area contributed by atoms with Crippen molar-refractivity contribution < 1.29 is 24.4 Å². The van der Waals surface area contributed by atoms with Gasteiger partial charge in [0.2, 0.25) is 0 Å². The molecule has 0 atom stereocenters. The molecule has 138 valence electrons. The lowest BCUT2D eigenvalue weighted by molar-refractivity contribution is -0.384. The number of nitro benzene ring substituents is 1. The van der Waals surface area contributed by atoms with E-state index in [4.69, 9.17) is 0 Å². The summed E-state index contributed by atoms with van der Waals surface area (Å²) >= 11 is 1.14. The topological polar surface area (TPSA) is 121 Å². The van der Waals surface area contributed by atoms with E-state index in [0.717, 1.165) is 28.3 Å². The fraction of sp³-hybridized carbons (Fsp3) is 0.235. The predicted octanol–water partition coefficient (Wildman–Crippen LogP) is 3.92. The lowest BCUT2D eigenvalue weighted by Gasteiger charge is -2.19. The first-order chi connectivity index (χ1) is 11.9. The van der Waals surface area contributed by atoms with Crippen LogP contribution < -0.4 is 0 Å². The summed E-state index contributed by atoms with van der Waals surface area (Å²) in [6, 6.07) is 11.1. The molecule has 0 amide bonds. The first kappa shape index (κ1) is 20.5. The quantitative estimate of drug-likeness (QED) is 0.398. The van der Waals surface area contributed by atoms with Crippen LogP contribution in [0.4, 0.5) is 5.69 Å². The highest BCUT2D eigenvalue weighted by atomic mass is 32.2. The van der Waals surface area contributed by atoms with Crippen LogP contribution in [0, 0.1) is 10.1 Å². The second-order valence-electron chi connectivity index (χ2n) is 6.69. The molecule has 9 heteroatoms. The van der Waals surface area contributed by atoms with Gasteiger partial charge in [0, 0.05) is 21.9 Å². The van der Waals surface area contributed by atoms with Gasteiger partial charge in [-0.25, -0.2) is 4.79 Å². The zero-order chi connectivity index (χ0) is 19.7. The van der Waals surface area contributed by atoms with E-state index in [0.29, 0.717) is 0 Å². The van der Waals surface area contributed by atoms with Crippen molar-refractivity contribution in [3.05, 3.63) is 63.7 Å². The summed E-state index contributed by atoms with van der Waals surface area (Å²) < 4.78 is 0. The van der Waals surface area contributed by atoms with Gasteiger partial charge in [-0.3, -0.25) is 10.1 Å². The van der Waals surface area contributed by atoms with Gasteiger partial charge in [0.1, 0.15) is 0 Å². The van der Waals surface area contributed by atoms with Gasteiger partial charge < -0.3 is 0 Å². The molecule has 2 aromatic rings. The fourth-order valence-electron chi connectivity index (χ4n) is 2.20. The number of carbonyl (C=O) groups is 1. The van der Waals surface area contributed by atoms with Crippen molar-refractivity contribution in [3.8, 4) is 0 Å². The zero-order valence-electron chi connectivity index (χ0n) is 14.4. The van der Waals surface area contributed by atoms with Crippen molar-refractivity contribution in [2.24, 2.45) is 0 Å². The Bertz CT molecular complexity index is 840. The van der Waals surface area contributed by atoms with Crippen molar-refractivity contribution in [1.29, 1.82) is 0 Å². The van der Waals surface area contributed by atoms with Crippen LogP contribution in [-0.2, 0) is 5.41 Å². The van der Waals surface area contributed by atoms with Crippen LogP contribution in [0.5, 0.6) is 0 Å². The highest BCUT2D eigenvalue weighted by Gasteiger charge is 2.45. The Kier molecular flexibility index (Phi) is 5.85. The maximum absolute atomic E-state index is 12.1. The Labute approximate surface area is 155 Å². The van der Waals surface area contributed by atoms with Crippen LogP contribution in [0.25, 0.3) is 0 Å². The number of hydrogen-bond acceptors (Lipinski definition) is 7. The summed E-state index contributed by atoms with van der Waals surface area (Å²) in [5, 5.41) is 10.9. The van der Waals surface area contributed by atoms with E-state index in [1.807, 2.05) is 24.3 Å². The number of carbonyl (C=O) groups excluding carboxylic acids is 1. The molecule has 0 aliphatic heterocycles. The third-order valence-corrected chi connectivity index (χ3v) is 5.49. The lowest BCUT2D eigenvalue weighted by Crippen LogP contribution is -2.10. The highest BCUT2D eigenvalue weighted by molar-refractivity contribution is 7.99. The Morgan fingerprint density at radius 3 is 2.12 bits per heavy atom. The van der Waals surface area contributed by atoms with Gasteiger partial charge in [-0.1, -0.05) is 44.7 Å². The van der Waals surface area contributed by atoms with Crippen LogP contribution in [0.2, 0.25) is 0 Å². The molecule has 0 aromatic heterocycles. The van der Waals surface area contributed by atoms with Crippen molar-refractivity contribution in [1.82, 2.24) is 0 Å². The number of benzene rings is 2. The third-order valence-electron chi connectivity index (χ3n) is 3.62. The Balaban J connectivity index is 2.42. The molecule has 0 spiro atoms. The summed E-state index contributed by atoms with van der Waals surface area (Å²) in [6.45, 7) is 6.24. The molecule has 0 saturated heterocycles. The van der Waals surface area contributed by atoms with Gasteiger partial charge in [0.25, 0.3) is 5.69 Å². The summed E-state index contributed by atoms with van der Waals surface area (Å²) in [4.78, 5) is 51.2. The fourth-order valence-corrected chi connectivity index (χ4v) is 3.71. The molecule has 0 radical (unpaired) electrons. The molecule has 7 nitrogen and oxygen atoms in total. The minimum atomic E-state index is -4.82. The van der Waals surface area contributed by atoms with Gasteiger partial charge in [-0.15, -0.1) is 0 Å². The summed E-state index contributed by atoms with van der Waals surface area (Å²) in [7, 11) is -4.82. The van der Waals surface area contributed by atoms with Gasteiger partial charge in [-0.05, 0) is 29.2 Å². The van der Waals surface area contributed by atoms with Crippen molar-refractivity contribution >= 4 is 30.9 Å². The van der Waals surface area contributed by atoms with E-state index >= 15 is 0 Å². The minimum absolute atomic E-state index is 0.0214. The molecule has 0 aliphatic carbocycles. The van der Waals surface area contributed by atoms with Gasteiger partial charge in [0.05, 0.1) is 10.5 Å². The van der Waals surface area contributed by atoms with Gasteiger partial charge in [0.15, 0.2) is 0 Å². The normalized spacial score (nSPS) is 12.1. The van der Waals surface area contributed by atoms with E-state index in [1.54, 1.807) is 0 Å². The maximum Gasteiger partial charge on any atom is 0.483 e. The molecular weight excluding hydrogens is 377 g/mol. The monoisotopic (exact) mass is 396 g/mol. The Hall–Kier alpha value is -1.83. The molecule has 3 N–H and O–H groups in total. The molecule has 2 rings (SSSR count). The van der Waals surface area contributed by atoms with E-state index < -0.39 is 18.4 Å². The van der Waals surface area contributed by atoms with Crippen LogP contribution in [0.3, 0.4) is 0 Å².